The van der Waals surface area contributed by atoms with Crippen molar-refractivity contribution in [2.45, 2.75) is 64.7 Å². The molecule has 8 heteroatoms. The van der Waals surface area contributed by atoms with Gasteiger partial charge in [-0.1, -0.05) is 67.1 Å². The summed E-state index contributed by atoms with van der Waals surface area (Å²) in [5.41, 5.74) is 2.72. The van der Waals surface area contributed by atoms with Crippen LogP contribution in [0, 0.1) is 6.92 Å². The molecule has 1 aliphatic heterocycles. The lowest BCUT2D eigenvalue weighted by atomic mass is 9.85. The lowest BCUT2D eigenvalue weighted by Crippen LogP contribution is -2.65. The molecule has 200 valence electrons. The van der Waals surface area contributed by atoms with E-state index in [-0.39, 0.29) is 18.4 Å². The second kappa shape index (κ2) is 13.4. The number of hydrogen-bond donors (Lipinski definition) is 2. The fourth-order valence-corrected chi connectivity index (χ4v) is 4.41. The number of nitrogens with one attached hydrogen (secondary N) is 2. The summed E-state index contributed by atoms with van der Waals surface area (Å²) in [5.74, 6) is -0.286. The molecule has 0 spiro atoms. The summed E-state index contributed by atoms with van der Waals surface area (Å²) in [6.07, 6.45) is 1.38. The van der Waals surface area contributed by atoms with Crippen molar-refractivity contribution >= 4 is 11.8 Å². The number of nitrogens with zero attached hydrogens (tertiary/aromatic N) is 1. The van der Waals surface area contributed by atoms with Gasteiger partial charge in [0.15, 0.2) is 6.29 Å². The Hall–Kier alpha value is -3.20. The number of methoxy groups -OCH3 is 2. The maximum atomic E-state index is 13.9. The Morgan fingerprint density at radius 1 is 1.08 bits per heavy atom. The SMILES string of the molecule is CCC(=O)NC1=CN(CC(OC)OC)C(C)(C(=O)NCc2cccc(C)c2)C(OCc2ccccc2)C1. The van der Waals surface area contributed by atoms with Gasteiger partial charge in [0, 0.05) is 45.5 Å². The van der Waals surface area contributed by atoms with E-state index in [0.717, 1.165) is 16.7 Å². The third-order valence-corrected chi connectivity index (χ3v) is 6.72. The molecule has 2 aromatic rings. The first-order valence-corrected chi connectivity index (χ1v) is 12.6. The van der Waals surface area contributed by atoms with Gasteiger partial charge in [0.05, 0.1) is 19.3 Å². The maximum Gasteiger partial charge on any atom is 0.248 e. The molecule has 2 N–H and O–H groups in total. The topological polar surface area (TPSA) is 89.1 Å². The fourth-order valence-electron chi connectivity index (χ4n) is 4.41. The van der Waals surface area contributed by atoms with Crippen LogP contribution in [0.15, 0.2) is 66.5 Å². The third kappa shape index (κ3) is 7.41. The Morgan fingerprint density at radius 2 is 1.78 bits per heavy atom. The van der Waals surface area contributed by atoms with Gasteiger partial charge >= 0.3 is 0 Å². The van der Waals surface area contributed by atoms with E-state index >= 15 is 0 Å². The lowest BCUT2D eigenvalue weighted by Gasteiger charge is -2.48. The molecule has 0 aromatic heterocycles. The Bertz CT molecular complexity index is 1070. The second-order valence-corrected chi connectivity index (χ2v) is 9.42. The summed E-state index contributed by atoms with van der Waals surface area (Å²) in [5, 5.41) is 6.08. The molecule has 0 fully saturated rings. The zero-order valence-corrected chi connectivity index (χ0v) is 22.5. The van der Waals surface area contributed by atoms with Crippen LogP contribution in [0.4, 0.5) is 0 Å². The summed E-state index contributed by atoms with van der Waals surface area (Å²) in [4.78, 5) is 28.0. The quantitative estimate of drug-likeness (QED) is 0.425. The van der Waals surface area contributed by atoms with Crippen LogP contribution in [-0.2, 0) is 37.0 Å². The fraction of sp³-hybridized carbons (Fsp3) is 0.448. The largest absolute Gasteiger partial charge is 0.370 e. The minimum absolute atomic E-state index is 0.101. The van der Waals surface area contributed by atoms with Crippen LogP contribution < -0.4 is 10.6 Å². The molecule has 0 saturated heterocycles. The highest BCUT2D eigenvalue weighted by Crippen LogP contribution is 2.34. The summed E-state index contributed by atoms with van der Waals surface area (Å²) >= 11 is 0. The third-order valence-electron chi connectivity index (χ3n) is 6.72. The van der Waals surface area contributed by atoms with Gasteiger partial charge in [0.2, 0.25) is 11.8 Å². The number of rotatable bonds is 12. The van der Waals surface area contributed by atoms with E-state index in [4.69, 9.17) is 14.2 Å². The first kappa shape index (κ1) is 28.4. The van der Waals surface area contributed by atoms with Crippen LogP contribution in [0.2, 0.25) is 0 Å². The molecular weight excluding hydrogens is 470 g/mol. The van der Waals surface area contributed by atoms with Crippen molar-refractivity contribution in [1.29, 1.82) is 0 Å². The molecule has 0 radical (unpaired) electrons. The molecule has 2 aromatic carbocycles. The van der Waals surface area contributed by atoms with E-state index < -0.39 is 17.9 Å². The van der Waals surface area contributed by atoms with Crippen molar-refractivity contribution in [1.82, 2.24) is 15.5 Å². The average molecular weight is 510 g/mol. The minimum atomic E-state index is -1.10. The van der Waals surface area contributed by atoms with Gasteiger partial charge in [0.25, 0.3) is 0 Å². The Balaban J connectivity index is 1.94. The van der Waals surface area contributed by atoms with Gasteiger partial charge in [-0.15, -0.1) is 0 Å². The van der Waals surface area contributed by atoms with Crippen molar-refractivity contribution in [2.24, 2.45) is 0 Å². The number of carbonyl (C=O) groups is 2. The monoisotopic (exact) mass is 509 g/mol. The lowest BCUT2D eigenvalue weighted by molar-refractivity contribution is -0.158. The van der Waals surface area contributed by atoms with Gasteiger partial charge in [-0.25, -0.2) is 0 Å². The highest BCUT2D eigenvalue weighted by molar-refractivity contribution is 5.87. The van der Waals surface area contributed by atoms with Gasteiger partial charge in [-0.2, -0.15) is 0 Å². The van der Waals surface area contributed by atoms with E-state index in [9.17, 15) is 9.59 Å². The molecule has 8 nitrogen and oxygen atoms in total. The first-order valence-electron chi connectivity index (χ1n) is 12.6. The van der Waals surface area contributed by atoms with Crippen LogP contribution in [0.5, 0.6) is 0 Å². The highest BCUT2D eigenvalue weighted by Gasteiger charge is 2.49. The van der Waals surface area contributed by atoms with E-state index in [2.05, 4.69) is 16.7 Å². The predicted octanol–water partition coefficient (Wildman–Crippen LogP) is 3.65. The molecule has 0 bridgehead atoms. The van der Waals surface area contributed by atoms with Crippen molar-refractivity contribution in [3.05, 3.63) is 83.2 Å². The summed E-state index contributed by atoms with van der Waals surface area (Å²) in [7, 11) is 3.11. The Kier molecular flexibility index (Phi) is 10.3. The standard InChI is InChI=1S/C29H39N3O5/c1-6-26(33)31-24-16-25(37-20-22-12-8-7-9-13-22)29(3,32(18-24)19-27(35-4)36-5)28(34)30-17-23-14-10-11-21(2)15-23/h7-15,18,25,27H,6,16-17,19-20H2,1-5H3,(H,30,34)(H,31,33). The number of aryl methyl sites for hydroxylation is 1. The van der Waals surface area contributed by atoms with Crippen molar-refractivity contribution in [2.75, 3.05) is 20.8 Å². The summed E-state index contributed by atoms with van der Waals surface area (Å²) in [6.45, 7) is 6.66. The molecule has 1 aliphatic rings. The Labute approximate surface area is 220 Å². The maximum absolute atomic E-state index is 13.9. The zero-order chi connectivity index (χ0) is 26.8. The molecular formula is C29H39N3O5. The second-order valence-electron chi connectivity index (χ2n) is 9.42. The molecule has 2 unspecified atom stereocenters. The molecule has 1 heterocycles. The van der Waals surface area contributed by atoms with E-state index in [0.29, 0.717) is 31.7 Å². The molecule has 2 atom stereocenters. The average Bonchev–Trinajstić information content (AvgIpc) is 2.91. The highest BCUT2D eigenvalue weighted by atomic mass is 16.7. The van der Waals surface area contributed by atoms with Crippen molar-refractivity contribution in [3.8, 4) is 0 Å². The van der Waals surface area contributed by atoms with E-state index in [1.807, 2.05) is 73.5 Å². The molecule has 0 aliphatic carbocycles. The van der Waals surface area contributed by atoms with Crippen LogP contribution >= 0.6 is 0 Å². The smallest absolute Gasteiger partial charge is 0.248 e. The van der Waals surface area contributed by atoms with Crippen molar-refractivity contribution in [3.63, 3.8) is 0 Å². The van der Waals surface area contributed by atoms with E-state index in [1.165, 1.54) is 0 Å². The summed E-state index contributed by atoms with van der Waals surface area (Å²) in [6, 6.07) is 17.9. The number of hydrogen-bond acceptors (Lipinski definition) is 6. The van der Waals surface area contributed by atoms with Crippen LogP contribution in [0.25, 0.3) is 0 Å². The molecule has 2 amide bonds. The number of carbonyl (C=O) groups excluding carboxylic acids is 2. The van der Waals surface area contributed by atoms with Gasteiger partial charge in [-0.3, -0.25) is 9.59 Å². The summed E-state index contributed by atoms with van der Waals surface area (Å²) < 4.78 is 17.4. The number of amides is 2. The van der Waals surface area contributed by atoms with Crippen molar-refractivity contribution < 1.29 is 23.8 Å². The Morgan fingerprint density at radius 3 is 2.43 bits per heavy atom. The van der Waals surface area contributed by atoms with E-state index in [1.54, 1.807) is 21.1 Å². The van der Waals surface area contributed by atoms with Gasteiger partial charge < -0.3 is 29.7 Å². The van der Waals surface area contributed by atoms with Crippen LogP contribution in [0.3, 0.4) is 0 Å². The molecule has 37 heavy (non-hydrogen) atoms. The normalized spacial score (nSPS) is 19.5. The molecule has 0 saturated carbocycles. The van der Waals surface area contributed by atoms with Gasteiger partial charge in [0.1, 0.15) is 5.54 Å². The van der Waals surface area contributed by atoms with Crippen LogP contribution in [0.1, 0.15) is 43.4 Å². The zero-order valence-electron chi connectivity index (χ0n) is 22.5. The minimum Gasteiger partial charge on any atom is -0.370 e. The number of ether oxygens (including phenoxy) is 3. The molecule has 3 rings (SSSR count). The van der Waals surface area contributed by atoms with Gasteiger partial charge in [-0.05, 0) is 25.0 Å². The number of benzene rings is 2. The predicted molar refractivity (Wildman–Crippen MR) is 142 cm³/mol. The first-order chi connectivity index (χ1) is 17.8. The van der Waals surface area contributed by atoms with Crippen LogP contribution in [-0.4, -0.2) is 55.4 Å².